The number of rotatable bonds is 2. The van der Waals surface area contributed by atoms with Gasteiger partial charge in [0.2, 0.25) is 0 Å². The summed E-state index contributed by atoms with van der Waals surface area (Å²) < 4.78 is 18.5. The molecule has 0 N–H and O–H groups in total. The Labute approximate surface area is 85.0 Å². The van der Waals surface area contributed by atoms with Crippen LogP contribution in [-0.4, -0.2) is 6.61 Å². The Kier molecular flexibility index (Phi) is 3.78. The molecule has 0 fully saturated rings. The van der Waals surface area contributed by atoms with Gasteiger partial charge in [0.15, 0.2) is 0 Å². The maximum Gasteiger partial charge on any atom is 0.149 e. The van der Waals surface area contributed by atoms with Crippen molar-refractivity contribution in [3.8, 4) is 17.6 Å². The Bertz CT molecular complexity index is 352. The smallest absolute Gasteiger partial charge is 0.149 e. The van der Waals surface area contributed by atoms with E-state index in [1.165, 1.54) is 12.1 Å². The second-order valence-electron chi connectivity index (χ2n) is 2.29. The van der Waals surface area contributed by atoms with Gasteiger partial charge in [-0.1, -0.05) is 5.92 Å². The lowest BCUT2D eigenvalue weighted by molar-refractivity contribution is 0.367. The predicted molar refractivity (Wildman–Crippen MR) is 53.0 cm³/mol. The Morgan fingerprint density at radius 3 is 2.92 bits per heavy atom. The molecule has 0 spiro atoms. The summed E-state index contributed by atoms with van der Waals surface area (Å²) in [6, 6.07) is 4.27. The number of benzene rings is 1. The highest BCUT2D eigenvalue weighted by atomic mass is 79.9. The van der Waals surface area contributed by atoms with Gasteiger partial charge in [-0.2, -0.15) is 0 Å². The highest BCUT2D eigenvalue weighted by Gasteiger charge is 2.00. The fraction of sp³-hybridized carbons (Fsp3) is 0.200. The third-order valence-electron chi connectivity index (χ3n) is 1.37. The normalized spacial score (nSPS) is 8.85. The first-order valence-corrected chi connectivity index (χ1v) is 4.51. The van der Waals surface area contributed by atoms with E-state index in [9.17, 15) is 4.39 Å². The molecule has 13 heavy (non-hydrogen) atoms. The van der Waals surface area contributed by atoms with E-state index in [4.69, 9.17) is 4.74 Å². The lowest BCUT2D eigenvalue weighted by atomic mass is 10.3. The summed E-state index contributed by atoms with van der Waals surface area (Å²) in [7, 11) is 0. The van der Waals surface area contributed by atoms with E-state index >= 15 is 0 Å². The lowest BCUT2D eigenvalue weighted by Crippen LogP contribution is -1.94. The molecule has 0 radical (unpaired) electrons. The second-order valence-corrected chi connectivity index (χ2v) is 3.14. The zero-order chi connectivity index (χ0) is 9.68. The first-order chi connectivity index (χ1) is 6.24. The van der Waals surface area contributed by atoms with Crippen LogP contribution in [0.15, 0.2) is 22.7 Å². The van der Waals surface area contributed by atoms with Gasteiger partial charge in [-0.05, 0) is 41.1 Å². The van der Waals surface area contributed by atoms with Crippen molar-refractivity contribution >= 4 is 15.9 Å². The standard InChI is InChI=1S/C10H8BrFO/c1-2-3-6-13-10-5-4-8(12)7-9(10)11/h4-5,7H,6H2,1H3. The van der Waals surface area contributed by atoms with Gasteiger partial charge >= 0.3 is 0 Å². The van der Waals surface area contributed by atoms with Gasteiger partial charge in [0.25, 0.3) is 0 Å². The van der Waals surface area contributed by atoms with Gasteiger partial charge in [-0.3, -0.25) is 0 Å². The van der Waals surface area contributed by atoms with E-state index in [0.717, 1.165) is 0 Å². The van der Waals surface area contributed by atoms with Crippen molar-refractivity contribution in [1.82, 2.24) is 0 Å². The monoisotopic (exact) mass is 242 g/mol. The van der Waals surface area contributed by atoms with E-state index in [-0.39, 0.29) is 5.82 Å². The van der Waals surface area contributed by atoms with Crippen LogP contribution in [0.1, 0.15) is 6.92 Å². The predicted octanol–water partition coefficient (Wildman–Crippen LogP) is 2.99. The van der Waals surface area contributed by atoms with Crippen LogP contribution >= 0.6 is 15.9 Å². The minimum atomic E-state index is -0.291. The zero-order valence-electron chi connectivity index (χ0n) is 7.10. The van der Waals surface area contributed by atoms with Crippen molar-refractivity contribution in [2.24, 2.45) is 0 Å². The van der Waals surface area contributed by atoms with Gasteiger partial charge in [-0.15, -0.1) is 5.92 Å². The summed E-state index contributed by atoms with van der Waals surface area (Å²) in [6.07, 6.45) is 0. The molecule has 1 rings (SSSR count). The summed E-state index contributed by atoms with van der Waals surface area (Å²) in [5.41, 5.74) is 0. The minimum Gasteiger partial charge on any atom is -0.480 e. The number of hydrogen-bond acceptors (Lipinski definition) is 1. The van der Waals surface area contributed by atoms with E-state index in [2.05, 4.69) is 27.8 Å². The van der Waals surface area contributed by atoms with Gasteiger partial charge in [0, 0.05) is 0 Å². The van der Waals surface area contributed by atoms with Gasteiger partial charge < -0.3 is 4.74 Å². The molecule has 0 atom stereocenters. The van der Waals surface area contributed by atoms with Gasteiger partial charge in [-0.25, -0.2) is 4.39 Å². The Balaban J connectivity index is 2.70. The van der Waals surface area contributed by atoms with Crippen molar-refractivity contribution in [2.45, 2.75) is 6.92 Å². The van der Waals surface area contributed by atoms with Gasteiger partial charge in [0.1, 0.15) is 18.2 Å². The molecule has 0 heterocycles. The molecule has 1 aromatic carbocycles. The second kappa shape index (κ2) is 4.88. The van der Waals surface area contributed by atoms with Crippen LogP contribution in [0.2, 0.25) is 0 Å². The first-order valence-electron chi connectivity index (χ1n) is 3.71. The fourth-order valence-corrected chi connectivity index (χ4v) is 1.24. The molecular formula is C10H8BrFO. The third kappa shape index (κ3) is 3.08. The average molecular weight is 243 g/mol. The van der Waals surface area contributed by atoms with E-state index < -0.39 is 0 Å². The van der Waals surface area contributed by atoms with Crippen molar-refractivity contribution in [1.29, 1.82) is 0 Å². The molecule has 1 nitrogen and oxygen atoms in total. The van der Waals surface area contributed by atoms with Crippen molar-refractivity contribution < 1.29 is 9.13 Å². The average Bonchev–Trinajstić information content (AvgIpc) is 2.09. The Hall–Kier alpha value is -1.01. The van der Waals surface area contributed by atoms with Crippen LogP contribution in [0.4, 0.5) is 4.39 Å². The Morgan fingerprint density at radius 2 is 2.31 bits per heavy atom. The van der Waals surface area contributed by atoms with E-state index in [0.29, 0.717) is 16.8 Å². The molecule has 0 bridgehead atoms. The van der Waals surface area contributed by atoms with Crippen molar-refractivity contribution in [2.75, 3.05) is 6.61 Å². The fourth-order valence-electron chi connectivity index (χ4n) is 0.778. The van der Waals surface area contributed by atoms with Crippen LogP contribution in [0.5, 0.6) is 5.75 Å². The zero-order valence-corrected chi connectivity index (χ0v) is 8.69. The van der Waals surface area contributed by atoms with Crippen LogP contribution in [-0.2, 0) is 0 Å². The summed E-state index contributed by atoms with van der Waals surface area (Å²) in [4.78, 5) is 0. The Morgan fingerprint density at radius 1 is 1.54 bits per heavy atom. The van der Waals surface area contributed by atoms with Crippen LogP contribution in [0.25, 0.3) is 0 Å². The molecule has 0 saturated heterocycles. The SMILES string of the molecule is CC#CCOc1ccc(F)cc1Br. The summed E-state index contributed by atoms with van der Waals surface area (Å²) in [5.74, 6) is 5.77. The largest absolute Gasteiger partial charge is 0.480 e. The minimum absolute atomic E-state index is 0.291. The molecule has 0 aliphatic heterocycles. The first kappa shape index (κ1) is 10.1. The summed E-state index contributed by atoms with van der Waals surface area (Å²) in [5, 5.41) is 0. The molecule has 0 aliphatic rings. The van der Waals surface area contributed by atoms with Crippen LogP contribution in [0.3, 0.4) is 0 Å². The maximum absolute atomic E-state index is 12.6. The van der Waals surface area contributed by atoms with Crippen LogP contribution < -0.4 is 4.74 Å². The third-order valence-corrected chi connectivity index (χ3v) is 1.99. The highest BCUT2D eigenvalue weighted by molar-refractivity contribution is 9.10. The molecule has 1 aromatic rings. The van der Waals surface area contributed by atoms with Crippen molar-refractivity contribution in [3.05, 3.63) is 28.5 Å². The van der Waals surface area contributed by atoms with E-state index in [1.54, 1.807) is 13.0 Å². The number of ether oxygens (including phenoxy) is 1. The van der Waals surface area contributed by atoms with Crippen LogP contribution in [0, 0.1) is 17.7 Å². The quantitative estimate of drug-likeness (QED) is 0.725. The molecule has 0 unspecified atom stereocenters. The molecule has 3 heteroatoms. The van der Waals surface area contributed by atoms with E-state index in [1.807, 2.05) is 0 Å². The van der Waals surface area contributed by atoms with Gasteiger partial charge in [0.05, 0.1) is 4.47 Å². The molecule has 0 aromatic heterocycles. The van der Waals surface area contributed by atoms with Crippen molar-refractivity contribution in [3.63, 3.8) is 0 Å². The summed E-state index contributed by atoms with van der Waals surface area (Å²) >= 11 is 3.19. The molecule has 0 aliphatic carbocycles. The lowest BCUT2D eigenvalue weighted by Gasteiger charge is -2.03. The number of halogens is 2. The maximum atomic E-state index is 12.6. The molecular weight excluding hydrogens is 235 g/mol. The molecule has 68 valence electrons. The highest BCUT2D eigenvalue weighted by Crippen LogP contribution is 2.25. The number of hydrogen-bond donors (Lipinski definition) is 0. The molecule has 0 saturated carbocycles. The summed E-state index contributed by atoms with van der Waals surface area (Å²) in [6.45, 7) is 2.06. The molecule has 0 amide bonds. The topological polar surface area (TPSA) is 9.23 Å².